The van der Waals surface area contributed by atoms with Crippen LogP contribution >= 0.6 is 0 Å². The standard InChI is InChI=1S/C11H14F2O/c1-11(2,3)10-8(12)5-7(14-4)6-9(10)13/h5-6H,1-4H3. The smallest absolute Gasteiger partial charge is 0.133 e. The summed E-state index contributed by atoms with van der Waals surface area (Å²) in [6.07, 6.45) is 0. The molecule has 0 fully saturated rings. The molecule has 1 aromatic rings. The molecule has 3 heteroatoms. The van der Waals surface area contributed by atoms with Gasteiger partial charge >= 0.3 is 0 Å². The Kier molecular flexibility index (Phi) is 2.79. The molecule has 1 rings (SSSR count). The predicted molar refractivity (Wildman–Crippen MR) is 51.6 cm³/mol. The van der Waals surface area contributed by atoms with E-state index < -0.39 is 17.0 Å². The molecule has 0 saturated carbocycles. The predicted octanol–water partition coefficient (Wildman–Crippen LogP) is 3.27. The highest BCUT2D eigenvalue weighted by molar-refractivity contribution is 5.34. The lowest BCUT2D eigenvalue weighted by molar-refractivity contribution is 0.399. The van der Waals surface area contributed by atoms with Crippen molar-refractivity contribution in [3.05, 3.63) is 29.3 Å². The Morgan fingerprint density at radius 2 is 1.50 bits per heavy atom. The normalized spacial score (nSPS) is 11.6. The van der Waals surface area contributed by atoms with E-state index in [2.05, 4.69) is 0 Å². The van der Waals surface area contributed by atoms with Gasteiger partial charge in [-0.05, 0) is 5.41 Å². The summed E-state index contributed by atoms with van der Waals surface area (Å²) < 4.78 is 31.7. The summed E-state index contributed by atoms with van der Waals surface area (Å²) in [5.74, 6) is -0.920. The number of hydrogen-bond acceptors (Lipinski definition) is 1. The van der Waals surface area contributed by atoms with Crippen LogP contribution in [0.5, 0.6) is 5.75 Å². The van der Waals surface area contributed by atoms with E-state index in [0.717, 1.165) is 0 Å². The molecule has 14 heavy (non-hydrogen) atoms. The second-order valence-electron chi connectivity index (χ2n) is 4.22. The van der Waals surface area contributed by atoms with Gasteiger partial charge in [-0.2, -0.15) is 0 Å². The van der Waals surface area contributed by atoms with E-state index in [1.54, 1.807) is 20.8 Å². The number of rotatable bonds is 1. The number of halogens is 2. The van der Waals surface area contributed by atoms with E-state index in [4.69, 9.17) is 4.74 Å². The van der Waals surface area contributed by atoms with Crippen LogP contribution in [-0.4, -0.2) is 7.11 Å². The van der Waals surface area contributed by atoms with Crippen molar-refractivity contribution in [2.45, 2.75) is 26.2 Å². The molecule has 0 aromatic heterocycles. The van der Waals surface area contributed by atoms with Crippen molar-refractivity contribution < 1.29 is 13.5 Å². The van der Waals surface area contributed by atoms with Gasteiger partial charge in [-0.15, -0.1) is 0 Å². The summed E-state index contributed by atoms with van der Waals surface area (Å²) in [4.78, 5) is 0. The molecule has 0 unspecified atom stereocenters. The fourth-order valence-corrected chi connectivity index (χ4v) is 1.38. The van der Waals surface area contributed by atoms with Crippen LogP contribution in [0.4, 0.5) is 8.78 Å². The van der Waals surface area contributed by atoms with E-state index in [1.807, 2.05) is 0 Å². The molecule has 0 radical (unpaired) electrons. The summed E-state index contributed by atoms with van der Waals surface area (Å²) in [6.45, 7) is 5.29. The van der Waals surface area contributed by atoms with Gasteiger partial charge in [0.2, 0.25) is 0 Å². The number of ether oxygens (including phenoxy) is 1. The molecule has 0 amide bonds. The molecule has 1 aromatic carbocycles. The first kappa shape index (κ1) is 11.0. The highest BCUT2D eigenvalue weighted by atomic mass is 19.1. The minimum absolute atomic E-state index is 0.0956. The van der Waals surface area contributed by atoms with Crippen LogP contribution in [0, 0.1) is 11.6 Å². The van der Waals surface area contributed by atoms with Gasteiger partial charge in [-0.1, -0.05) is 20.8 Å². The lowest BCUT2D eigenvalue weighted by atomic mass is 9.86. The third-order valence-corrected chi connectivity index (χ3v) is 2.00. The first-order valence-electron chi connectivity index (χ1n) is 4.40. The largest absolute Gasteiger partial charge is 0.497 e. The van der Waals surface area contributed by atoms with Gasteiger partial charge < -0.3 is 4.74 Å². The van der Waals surface area contributed by atoms with E-state index in [1.165, 1.54) is 19.2 Å². The maximum Gasteiger partial charge on any atom is 0.133 e. The lowest BCUT2D eigenvalue weighted by Crippen LogP contribution is -2.16. The number of benzene rings is 1. The van der Waals surface area contributed by atoms with Gasteiger partial charge in [0, 0.05) is 17.7 Å². The topological polar surface area (TPSA) is 9.23 Å². The fourth-order valence-electron chi connectivity index (χ4n) is 1.38. The summed E-state index contributed by atoms with van der Waals surface area (Å²) in [5.41, 5.74) is -0.446. The van der Waals surface area contributed by atoms with Gasteiger partial charge in [0.25, 0.3) is 0 Å². The Balaban J connectivity index is 3.33. The molecule has 0 heterocycles. The van der Waals surface area contributed by atoms with Crippen molar-refractivity contribution >= 4 is 0 Å². The summed E-state index contributed by atoms with van der Waals surface area (Å²) in [6, 6.07) is 2.40. The molecule has 0 bridgehead atoms. The van der Waals surface area contributed by atoms with Crippen molar-refractivity contribution in [1.82, 2.24) is 0 Å². The Bertz CT molecular complexity index is 317. The molecule has 78 valence electrons. The van der Waals surface area contributed by atoms with E-state index in [0.29, 0.717) is 0 Å². The zero-order chi connectivity index (χ0) is 10.9. The zero-order valence-electron chi connectivity index (χ0n) is 8.82. The SMILES string of the molecule is COc1cc(F)c(C(C)(C)C)c(F)c1. The number of methoxy groups -OCH3 is 1. The highest BCUT2D eigenvalue weighted by Crippen LogP contribution is 2.30. The second kappa shape index (κ2) is 3.56. The van der Waals surface area contributed by atoms with Crippen molar-refractivity contribution in [3.8, 4) is 5.75 Å². The molecule has 0 spiro atoms. The van der Waals surface area contributed by atoms with Crippen LogP contribution in [0.25, 0.3) is 0 Å². The monoisotopic (exact) mass is 200 g/mol. The molecule has 1 nitrogen and oxygen atoms in total. The Labute approximate surface area is 82.7 Å². The maximum absolute atomic E-state index is 13.5. The molecule has 0 aliphatic carbocycles. The zero-order valence-corrected chi connectivity index (χ0v) is 8.82. The van der Waals surface area contributed by atoms with Crippen LogP contribution in [-0.2, 0) is 5.41 Å². The average Bonchev–Trinajstić information content (AvgIpc) is 1.99. The summed E-state index contributed by atoms with van der Waals surface area (Å²) in [7, 11) is 1.38. The first-order chi connectivity index (χ1) is 6.36. The van der Waals surface area contributed by atoms with Crippen molar-refractivity contribution in [1.29, 1.82) is 0 Å². The molecular weight excluding hydrogens is 186 g/mol. The molecular formula is C11H14F2O. The van der Waals surface area contributed by atoms with Gasteiger partial charge in [-0.25, -0.2) is 8.78 Å². The Hall–Kier alpha value is -1.12. The summed E-state index contributed by atoms with van der Waals surface area (Å²) in [5, 5.41) is 0. The molecule has 0 aliphatic rings. The van der Waals surface area contributed by atoms with E-state index >= 15 is 0 Å². The van der Waals surface area contributed by atoms with E-state index in [9.17, 15) is 8.78 Å². The van der Waals surface area contributed by atoms with Crippen molar-refractivity contribution in [2.24, 2.45) is 0 Å². The van der Waals surface area contributed by atoms with Crippen LogP contribution < -0.4 is 4.74 Å². The minimum Gasteiger partial charge on any atom is -0.497 e. The Morgan fingerprint density at radius 1 is 1.07 bits per heavy atom. The molecule has 0 aliphatic heterocycles. The quantitative estimate of drug-likeness (QED) is 0.676. The molecule has 0 atom stereocenters. The van der Waals surface area contributed by atoms with Gasteiger partial charge in [-0.3, -0.25) is 0 Å². The molecule has 0 N–H and O–H groups in total. The van der Waals surface area contributed by atoms with Crippen LogP contribution in [0.1, 0.15) is 26.3 Å². The third-order valence-electron chi connectivity index (χ3n) is 2.00. The second-order valence-corrected chi connectivity index (χ2v) is 4.22. The van der Waals surface area contributed by atoms with Gasteiger partial charge in [0.1, 0.15) is 17.4 Å². The van der Waals surface area contributed by atoms with Gasteiger partial charge in [0.05, 0.1) is 7.11 Å². The highest BCUT2D eigenvalue weighted by Gasteiger charge is 2.23. The molecule has 0 saturated heterocycles. The fraction of sp³-hybridized carbons (Fsp3) is 0.455. The minimum atomic E-state index is -0.561. The average molecular weight is 200 g/mol. The van der Waals surface area contributed by atoms with Gasteiger partial charge in [0.15, 0.2) is 0 Å². The third kappa shape index (κ3) is 2.03. The van der Waals surface area contributed by atoms with Crippen LogP contribution in [0.2, 0.25) is 0 Å². The lowest BCUT2D eigenvalue weighted by Gasteiger charge is -2.20. The Morgan fingerprint density at radius 3 is 1.79 bits per heavy atom. The maximum atomic E-state index is 13.5. The van der Waals surface area contributed by atoms with Crippen LogP contribution in [0.3, 0.4) is 0 Å². The van der Waals surface area contributed by atoms with Crippen molar-refractivity contribution in [3.63, 3.8) is 0 Å². The van der Waals surface area contributed by atoms with E-state index in [-0.39, 0.29) is 11.3 Å². The summed E-state index contributed by atoms with van der Waals surface area (Å²) >= 11 is 0. The van der Waals surface area contributed by atoms with Crippen molar-refractivity contribution in [2.75, 3.05) is 7.11 Å². The van der Waals surface area contributed by atoms with Crippen LogP contribution in [0.15, 0.2) is 12.1 Å². The first-order valence-corrected chi connectivity index (χ1v) is 4.40. The number of hydrogen-bond donors (Lipinski definition) is 0.